The molecule has 0 aromatic carbocycles. The Kier molecular flexibility index (Phi) is 1.49. The summed E-state index contributed by atoms with van der Waals surface area (Å²) in [6.45, 7) is 0.236. The molecule has 1 saturated carbocycles. The van der Waals surface area contributed by atoms with Gasteiger partial charge in [0, 0.05) is 12.8 Å². The van der Waals surface area contributed by atoms with Gasteiger partial charge in [0.15, 0.2) is 0 Å². The van der Waals surface area contributed by atoms with Crippen molar-refractivity contribution in [1.82, 2.24) is 5.32 Å². The molecule has 1 aliphatic heterocycles. The van der Waals surface area contributed by atoms with E-state index in [2.05, 4.69) is 10.1 Å². The summed E-state index contributed by atoms with van der Waals surface area (Å²) < 4.78 is 29.4. The fraction of sp³-hybridized carbons (Fsp3) is 0.857. The zero-order chi connectivity index (χ0) is 8.77. The first-order valence-electron chi connectivity index (χ1n) is 3.88. The average Bonchev–Trinajstić information content (AvgIpc) is 2.30. The van der Waals surface area contributed by atoms with E-state index in [1.807, 2.05) is 0 Å². The van der Waals surface area contributed by atoms with E-state index in [0.29, 0.717) is 0 Å². The topological polar surface area (TPSA) is 38.3 Å². The SMILES string of the molecule is O=C1NC(C2CC(F)(F)C2)CO1. The molecule has 2 fully saturated rings. The van der Waals surface area contributed by atoms with E-state index in [-0.39, 0.29) is 31.4 Å². The van der Waals surface area contributed by atoms with Gasteiger partial charge in [-0.05, 0) is 5.92 Å². The highest BCUT2D eigenvalue weighted by Gasteiger charge is 2.50. The molecule has 3 nitrogen and oxygen atoms in total. The summed E-state index contributed by atoms with van der Waals surface area (Å²) in [4.78, 5) is 10.5. The highest BCUT2D eigenvalue weighted by Crippen LogP contribution is 2.44. The number of cyclic esters (lactones) is 1. The quantitative estimate of drug-likeness (QED) is 0.652. The van der Waals surface area contributed by atoms with Crippen LogP contribution in [0.2, 0.25) is 0 Å². The van der Waals surface area contributed by atoms with Gasteiger partial charge in [0.25, 0.3) is 0 Å². The van der Waals surface area contributed by atoms with E-state index >= 15 is 0 Å². The molecule has 1 amide bonds. The molecule has 5 heteroatoms. The van der Waals surface area contributed by atoms with E-state index in [1.165, 1.54) is 0 Å². The molecule has 1 heterocycles. The number of amides is 1. The van der Waals surface area contributed by atoms with Gasteiger partial charge in [-0.2, -0.15) is 0 Å². The molecule has 0 radical (unpaired) electrons. The van der Waals surface area contributed by atoms with Crippen molar-refractivity contribution in [2.75, 3.05) is 6.61 Å². The second-order valence-electron chi connectivity index (χ2n) is 3.37. The van der Waals surface area contributed by atoms with Crippen LogP contribution in [0.1, 0.15) is 12.8 Å². The van der Waals surface area contributed by atoms with Gasteiger partial charge in [-0.15, -0.1) is 0 Å². The minimum absolute atomic E-state index is 0.105. The molecule has 1 saturated heterocycles. The summed E-state index contributed by atoms with van der Waals surface area (Å²) >= 11 is 0. The first-order chi connectivity index (χ1) is 5.57. The van der Waals surface area contributed by atoms with Crippen molar-refractivity contribution in [3.63, 3.8) is 0 Å². The van der Waals surface area contributed by atoms with Gasteiger partial charge < -0.3 is 10.1 Å². The molecular weight excluding hydrogens is 168 g/mol. The number of alkyl halides is 2. The number of halogens is 2. The lowest BCUT2D eigenvalue weighted by atomic mass is 9.77. The maximum atomic E-state index is 12.4. The lowest BCUT2D eigenvalue weighted by Gasteiger charge is -2.37. The number of carbonyl (C=O) groups is 1. The molecular formula is C7H9F2NO2. The third-order valence-electron chi connectivity index (χ3n) is 2.39. The Balaban J connectivity index is 1.85. The molecule has 1 atom stereocenters. The Bertz CT molecular complexity index is 211. The van der Waals surface area contributed by atoms with Crippen LogP contribution in [-0.4, -0.2) is 24.7 Å². The van der Waals surface area contributed by atoms with Crippen LogP contribution < -0.4 is 5.32 Å². The smallest absolute Gasteiger partial charge is 0.407 e. The lowest BCUT2D eigenvalue weighted by Crippen LogP contribution is -2.47. The number of nitrogens with one attached hydrogen (secondary N) is 1. The number of alkyl carbamates (subject to hydrolysis) is 1. The van der Waals surface area contributed by atoms with E-state index in [0.717, 1.165) is 0 Å². The van der Waals surface area contributed by atoms with Crippen molar-refractivity contribution in [1.29, 1.82) is 0 Å². The van der Waals surface area contributed by atoms with E-state index in [9.17, 15) is 13.6 Å². The molecule has 0 aromatic rings. The van der Waals surface area contributed by atoms with Gasteiger partial charge >= 0.3 is 6.09 Å². The Hall–Kier alpha value is -0.870. The summed E-state index contributed by atoms with van der Waals surface area (Å²) in [7, 11) is 0. The van der Waals surface area contributed by atoms with E-state index in [4.69, 9.17) is 0 Å². The second kappa shape index (κ2) is 2.31. The summed E-state index contributed by atoms with van der Waals surface area (Å²) in [6, 6.07) is -0.197. The molecule has 1 aliphatic carbocycles. The zero-order valence-corrected chi connectivity index (χ0v) is 6.35. The molecule has 68 valence electrons. The second-order valence-corrected chi connectivity index (χ2v) is 3.37. The summed E-state index contributed by atoms with van der Waals surface area (Å²) in [5.41, 5.74) is 0. The van der Waals surface area contributed by atoms with Crippen LogP contribution in [0.4, 0.5) is 13.6 Å². The fourth-order valence-corrected chi connectivity index (χ4v) is 1.65. The van der Waals surface area contributed by atoms with Crippen molar-refractivity contribution >= 4 is 6.09 Å². The van der Waals surface area contributed by atoms with Gasteiger partial charge in [0.2, 0.25) is 5.92 Å². The molecule has 1 N–H and O–H groups in total. The number of hydrogen-bond donors (Lipinski definition) is 1. The fourth-order valence-electron chi connectivity index (χ4n) is 1.65. The Morgan fingerprint density at radius 2 is 2.17 bits per heavy atom. The molecule has 0 aromatic heterocycles. The third-order valence-corrected chi connectivity index (χ3v) is 2.39. The largest absolute Gasteiger partial charge is 0.447 e. The lowest BCUT2D eigenvalue weighted by molar-refractivity contribution is -0.118. The summed E-state index contributed by atoms with van der Waals surface area (Å²) in [5, 5.41) is 2.50. The van der Waals surface area contributed by atoms with Crippen molar-refractivity contribution in [2.24, 2.45) is 5.92 Å². The number of rotatable bonds is 1. The standard InChI is InChI=1S/C7H9F2NO2/c8-7(9)1-4(2-7)5-3-12-6(11)10-5/h4-5H,1-3H2,(H,10,11). The van der Waals surface area contributed by atoms with Crippen LogP contribution in [0.25, 0.3) is 0 Å². The van der Waals surface area contributed by atoms with Crippen molar-refractivity contribution in [3.05, 3.63) is 0 Å². The van der Waals surface area contributed by atoms with E-state index < -0.39 is 12.0 Å². The number of ether oxygens (including phenoxy) is 1. The van der Waals surface area contributed by atoms with Crippen molar-refractivity contribution < 1.29 is 18.3 Å². The predicted octanol–water partition coefficient (Wildman–Crippen LogP) is 1.14. The summed E-state index contributed by atoms with van der Waals surface area (Å²) in [6.07, 6.45) is -0.738. The van der Waals surface area contributed by atoms with Gasteiger partial charge in [-0.3, -0.25) is 0 Å². The molecule has 12 heavy (non-hydrogen) atoms. The maximum Gasteiger partial charge on any atom is 0.407 e. The molecule has 2 aliphatic rings. The molecule has 2 rings (SSSR count). The van der Waals surface area contributed by atoms with Gasteiger partial charge in [-0.25, -0.2) is 13.6 Å². The molecule has 0 spiro atoms. The monoisotopic (exact) mass is 177 g/mol. The van der Waals surface area contributed by atoms with Gasteiger partial charge in [0.1, 0.15) is 6.61 Å². The maximum absolute atomic E-state index is 12.4. The summed E-state index contributed by atoms with van der Waals surface area (Å²) in [5.74, 6) is -2.62. The van der Waals surface area contributed by atoms with Crippen LogP contribution >= 0.6 is 0 Å². The molecule has 0 bridgehead atoms. The molecule has 1 unspecified atom stereocenters. The van der Waals surface area contributed by atoms with Crippen LogP contribution in [-0.2, 0) is 4.74 Å². The van der Waals surface area contributed by atoms with Crippen molar-refractivity contribution in [2.45, 2.75) is 24.8 Å². The Labute approximate surface area is 68.1 Å². The Morgan fingerprint density at radius 1 is 1.50 bits per heavy atom. The average molecular weight is 177 g/mol. The predicted molar refractivity (Wildman–Crippen MR) is 35.9 cm³/mol. The van der Waals surface area contributed by atoms with Crippen LogP contribution in [0, 0.1) is 5.92 Å². The van der Waals surface area contributed by atoms with Crippen LogP contribution in [0.5, 0.6) is 0 Å². The number of carbonyl (C=O) groups excluding carboxylic acids is 1. The zero-order valence-electron chi connectivity index (χ0n) is 6.35. The van der Waals surface area contributed by atoms with Crippen LogP contribution in [0.15, 0.2) is 0 Å². The van der Waals surface area contributed by atoms with Crippen molar-refractivity contribution in [3.8, 4) is 0 Å². The van der Waals surface area contributed by atoms with Gasteiger partial charge in [0.05, 0.1) is 6.04 Å². The van der Waals surface area contributed by atoms with Gasteiger partial charge in [-0.1, -0.05) is 0 Å². The normalized spacial score (nSPS) is 33.8. The highest BCUT2D eigenvalue weighted by molar-refractivity contribution is 5.69. The van der Waals surface area contributed by atoms with Crippen LogP contribution in [0.3, 0.4) is 0 Å². The third kappa shape index (κ3) is 1.23. The first kappa shape index (κ1) is 7.76. The minimum Gasteiger partial charge on any atom is -0.447 e. The minimum atomic E-state index is -2.52. The first-order valence-corrected chi connectivity index (χ1v) is 3.88. The number of hydrogen-bond acceptors (Lipinski definition) is 2. The Morgan fingerprint density at radius 3 is 2.58 bits per heavy atom. The van der Waals surface area contributed by atoms with E-state index in [1.54, 1.807) is 0 Å². The highest BCUT2D eigenvalue weighted by atomic mass is 19.3.